The second-order valence-corrected chi connectivity index (χ2v) is 6.52. The number of nitrogens with one attached hydrogen (secondary N) is 1. The van der Waals surface area contributed by atoms with Gasteiger partial charge in [-0.15, -0.1) is 11.3 Å². The van der Waals surface area contributed by atoms with Gasteiger partial charge in [0.1, 0.15) is 10.4 Å². The summed E-state index contributed by atoms with van der Waals surface area (Å²) in [4.78, 5) is 22.9. The van der Waals surface area contributed by atoms with Crippen molar-refractivity contribution in [2.75, 3.05) is 0 Å². The molecule has 18 heavy (non-hydrogen) atoms. The standard InChI is InChI=1S/C11H13Cl2NO3S/c1-5(2)3-7(11(16)17)14-10(15)6-4-8(12)18-9(6)13/h4-5,7H,3H2,1-2H3,(H,14,15)(H,16,17). The first-order chi connectivity index (χ1) is 8.31. The minimum absolute atomic E-state index is 0.160. The molecular formula is C11H13Cl2NO3S. The molecule has 100 valence electrons. The zero-order chi connectivity index (χ0) is 13.9. The predicted molar refractivity (Wildman–Crippen MR) is 72.7 cm³/mol. The van der Waals surface area contributed by atoms with Crippen molar-refractivity contribution in [2.45, 2.75) is 26.3 Å². The van der Waals surface area contributed by atoms with Crippen LogP contribution in [0.5, 0.6) is 0 Å². The van der Waals surface area contributed by atoms with Crippen LogP contribution < -0.4 is 5.32 Å². The fourth-order valence-corrected chi connectivity index (χ4v) is 2.88. The normalized spacial score (nSPS) is 12.5. The third-order valence-electron chi connectivity index (χ3n) is 2.21. The van der Waals surface area contributed by atoms with Crippen molar-refractivity contribution in [3.63, 3.8) is 0 Å². The molecule has 1 heterocycles. The molecule has 1 amide bonds. The Kier molecular flexibility index (Phi) is 5.44. The van der Waals surface area contributed by atoms with Gasteiger partial charge in [-0.25, -0.2) is 4.79 Å². The SMILES string of the molecule is CC(C)CC(NC(=O)c1cc(Cl)sc1Cl)C(=O)O. The Labute approximate surface area is 119 Å². The quantitative estimate of drug-likeness (QED) is 0.877. The number of carboxylic acid groups (broad SMARTS) is 1. The number of carboxylic acids is 1. The summed E-state index contributed by atoms with van der Waals surface area (Å²) in [5.74, 6) is -1.42. The van der Waals surface area contributed by atoms with Crippen molar-refractivity contribution >= 4 is 46.4 Å². The molecule has 0 saturated carbocycles. The van der Waals surface area contributed by atoms with Crippen LogP contribution in [0, 0.1) is 5.92 Å². The third kappa shape index (κ3) is 4.15. The topological polar surface area (TPSA) is 66.4 Å². The van der Waals surface area contributed by atoms with Gasteiger partial charge in [-0.1, -0.05) is 37.0 Å². The maximum absolute atomic E-state index is 11.9. The van der Waals surface area contributed by atoms with Crippen LogP contribution in [0.2, 0.25) is 8.67 Å². The first kappa shape index (κ1) is 15.3. The highest BCUT2D eigenvalue weighted by Gasteiger charge is 2.23. The third-order valence-corrected chi connectivity index (χ3v) is 3.70. The van der Waals surface area contributed by atoms with Crippen molar-refractivity contribution in [3.8, 4) is 0 Å². The summed E-state index contributed by atoms with van der Waals surface area (Å²) in [6.45, 7) is 3.77. The molecular weight excluding hydrogens is 297 g/mol. The largest absolute Gasteiger partial charge is 0.480 e. The van der Waals surface area contributed by atoms with E-state index in [-0.39, 0.29) is 15.8 Å². The number of rotatable bonds is 5. The zero-order valence-electron chi connectivity index (χ0n) is 9.87. The highest BCUT2D eigenvalue weighted by atomic mass is 35.5. The molecule has 0 aliphatic carbocycles. The molecule has 0 bridgehead atoms. The maximum Gasteiger partial charge on any atom is 0.326 e. The molecule has 0 aliphatic heterocycles. The van der Waals surface area contributed by atoms with Crippen molar-refractivity contribution in [3.05, 3.63) is 20.3 Å². The first-order valence-electron chi connectivity index (χ1n) is 5.29. The van der Waals surface area contributed by atoms with Gasteiger partial charge >= 0.3 is 5.97 Å². The minimum atomic E-state index is -1.06. The minimum Gasteiger partial charge on any atom is -0.480 e. The number of hydrogen-bond donors (Lipinski definition) is 2. The van der Waals surface area contributed by atoms with Gasteiger partial charge in [-0.05, 0) is 18.4 Å². The molecule has 1 aromatic rings. The summed E-state index contributed by atoms with van der Waals surface area (Å²) >= 11 is 12.6. The van der Waals surface area contributed by atoms with E-state index in [0.717, 1.165) is 11.3 Å². The molecule has 0 aliphatic rings. The molecule has 1 rings (SSSR count). The van der Waals surface area contributed by atoms with E-state index in [0.29, 0.717) is 10.8 Å². The molecule has 0 saturated heterocycles. The molecule has 2 N–H and O–H groups in total. The first-order valence-corrected chi connectivity index (χ1v) is 6.87. The zero-order valence-corrected chi connectivity index (χ0v) is 12.2. The van der Waals surface area contributed by atoms with E-state index in [4.69, 9.17) is 28.3 Å². The Morgan fingerprint density at radius 2 is 2.06 bits per heavy atom. The van der Waals surface area contributed by atoms with Crippen LogP contribution in [0.3, 0.4) is 0 Å². The van der Waals surface area contributed by atoms with Crippen LogP contribution >= 0.6 is 34.5 Å². The van der Waals surface area contributed by atoms with Crippen LogP contribution in [-0.4, -0.2) is 23.0 Å². The summed E-state index contributed by atoms with van der Waals surface area (Å²) in [5, 5.41) is 11.5. The summed E-state index contributed by atoms with van der Waals surface area (Å²) in [7, 11) is 0. The second kappa shape index (κ2) is 6.41. The van der Waals surface area contributed by atoms with Crippen LogP contribution in [0.25, 0.3) is 0 Å². The van der Waals surface area contributed by atoms with E-state index < -0.39 is 17.9 Å². The number of amides is 1. The van der Waals surface area contributed by atoms with Crippen LogP contribution in [0.4, 0.5) is 0 Å². The van der Waals surface area contributed by atoms with Crippen molar-refractivity contribution < 1.29 is 14.7 Å². The molecule has 0 spiro atoms. The van der Waals surface area contributed by atoms with E-state index in [1.54, 1.807) is 0 Å². The number of thiophene rings is 1. The highest BCUT2D eigenvalue weighted by molar-refractivity contribution is 7.20. The van der Waals surface area contributed by atoms with Crippen LogP contribution in [0.15, 0.2) is 6.07 Å². The Hall–Kier alpha value is -0.780. The molecule has 0 fully saturated rings. The van der Waals surface area contributed by atoms with E-state index in [1.165, 1.54) is 6.07 Å². The van der Waals surface area contributed by atoms with Gasteiger partial charge in [0.15, 0.2) is 0 Å². The smallest absolute Gasteiger partial charge is 0.326 e. The Balaban J connectivity index is 2.78. The number of carbonyl (C=O) groups excluding carboxylic acids is 1. The molecule has 7 heteroatoms. The van der Waals surface area contributed by atoms with Gasteiger partial charge in [0, 0.05) is 0 Å². The molecule has 0 radical (unpaired) electrons. The van der Waals surface area contributed by atoms with Crippen molar-refractivity contribution in [2.24, 2.45) is 5.92 Å². The summed E-state index contributed by atoms with van der Waals surface area (Å²) in [6, 6.07) is 0.505. The monoisotopic (exact) mass is 309 g/mol. The van der Waals surface area contributed by atoms with Gasteiger partial charge in [-0.2, -0.15) is 0 Å². The molecule has 1 atom stereocenters. The average molecular weight is 310 g/mol. The van der Waals surface area contributed by atoms with Gasteiger partial charge in [0.05, 0.1) is 9.90 Å². The lowest BCUT2D eigenvalue weighted by Crippen LogP contribution is -2.41. The number of aliphatic carboxylic acids is 1. The Morgan fingerprint density at radius 1 is 1.44 bits per heavy atom. The Bertz CT molecular complexity index is 459. The second-order valence-electron chi connectivity index (χ2n) is 4.23. The molecule has 4 nitrogen and oxygen atoms in total. The summed E-state index contributed by atoms with van der Waals surface area (Å²) in [6.07, 6.45) is 0.358. The average Bonchev–Trinajstić information content (AvgIpc) is 2.56. The lowest BCUT2D eigenvalue weighted by Gasteiger charge is -2.16. The van der Waals surface area contributed by atoms with E-state index in [9.17, 15) is 9.59 Å². The highest BCUT2D eigenvalue weighted by Crippen LogP contribution is 2.31. The Morgan fingerprint density at radius 3 is 2.44 bits per heavy atom. The molecule has 0 aromatic carbocycles. The predicted octanol–water partition coefficient (Wildman–Crippen LogP) is 3.28. The van der Waals surface area contributed by atoms with Gasteiger partial charge in [0.25, 0.3) is 5.91 Å². The fourth-order valence-electron chi connectivity index (χ4n) is 1.42. The maximum atomic E-state index is 11.9. The number of carbonyl (C=O) groups is 2. The van der Waals surface area contributed by atoms with Gasteiger partial charge in [0.2, 0.25) is 0 Å². The van der Waals surface area contributed by atoms with Crippen LogP contribution in [0.1, 0.15) is 30.6 Å². The number of halogens is 2. The van der Waals surface area contributed by atoms with Gasteiger partial charge < -0.3 is 10.4 Å². The van der Waals surface area contributed by atoms with E-state index in [2.05, 4.69) is 5.32 Å². The van der Waals surface area contributed by atoms with Crippen molar-refractivity contribution in [1.82, 2.24) is 5.32 Å². The summed E-state index contributed by atoms with van der Waals surface area (Å²) in [5.41, 5.74) is 0.210. The summed E-state index contributed by atoms with van der Waals surface area (Å²) < 4.78 is 0.645. The molecule has 1 aromatic heterocycles. The lowest BCUT2D eigenvalue weighted by molar-refractivity contribution is -0.139. The van der Waals surface area contributed by atoms with Crippen molar-refractivity contribution in [1.29, 1.82) is 0 Å². The van der Waals surface area contributed by atoms with E-state index >= 15 is 0 Å². The fraction of sp³-hybridized carbons (Fsp3) is 0.455. The molecule has 1 unspecified atom stereocenters. The number of hydrogen-bond acceptors (Lipinski definition) is 3. The lowest BCUT2D eigenvalue weighted by atomic mass is 10.0. The van der Waals surface area contributed by atoms with E-state index in [1.807, 2.05) is 13.8 Å². The van der Waals surface area contributed by atoms with Crippen LogP contribution in [-0.2, 0) is 4.79 Å². The van der Waals surface area contributed by atoms with Gasteiger partial charge in [-0.3, -0.25) is 4.79 Å².